The third-order valence-electron chi connectivity index (χ3n) is 8.57. The van der Waals surface area contributed by atoms with Crippen LogP contribution >= 0.6 is 46.3 Å². The zero-order valence-corrected chi connectivity index (χ0v) is 29.9. The molecule has 3 aromatic carbocycles. The molecule has 2 aliphatic rings. The van der Waals surface area contributed by atoms with Crippen LogP contribution in [-0.4, -0.2) is 53.2 Å². The molecule has 4 aromatic rings. The van der Waals surface area contributed by atoms with Crippen molar-refractivity contribution >= 4 is 87.1 Å². The molecular formula is C35H32Cl2N4O6S2. The van der Waals surface area contributed by atoms with Crippen LogP contribution in [0.5, 0.6) is 0 Å². The lowest BCUT2D eigenvalue weighted by atomic mass is 9.83. The minimum atomic E-state index is -0.865. The van der Waals surface area contributed by atoms with Crippen molar-refractivity contribution in [3.8, 4) is 0 Å². The standard InChI is InChI=1S/C35H32Cl2N4O6S2/c1-4-39(5-2)22-12-7-19(8-13-22)27-28-29(32(44)41(31(28)43)23-14-9-20(10-15-23)34(45)47-6-3)48-33-30(27)49-35(46)40(33)18-26(42)38-21-11-16-24(36)25(37)17-21/h7-17,27-29H,4-6,18H2,1-3H3,(H,38,42)/t27-,28-,29+/m0/s1. The molecule has 6 rings (SSSR count). The van der Waals surface area contributed by atoms with Crippen molar-refractivity contribution < 1.29 is 23.9 Å². The summed E-state index contributed by atoms with van der Waals surface area (Å²) in [5, 5.41) is 2.96. The second kappa shape index (κ2) is 14.4. The van der Waals surface area contributed by atoms with Gasteiger partial charge in [0.15, 0.2) is 0 Å². The topological polar surface area (TPSA) is 118 Å². The average molecular weight is 740 g/mol. The second-order valence-electron chi connectivity index (χ2n) is 11.4. The van der Waals surface area contributed by atoms with Crippen molar-refractivity contribution in [3.05, 3.63) is 102 Å². The summed E-state index contributed by atoms with van der Waals surface area (Å²) in [5.41, 5.74) is 2.83. The van der Waals surface area contributed by atoms with Crippen LogP contribution in [0.3, 0.4) is 0 Å². The second-order valence-corrected chi connectivity index (χ2v) is 14.3. The molecule has 49 heavy (non-hydrogen) atoms. The quantitative estimate of drug-likeness (QED) is 0.142. The number of carbonyl (C=O) groups excluding carboxylic acids is 4. The van der Waals surface area contributed by atoms with Gasteiger partial charge >= 0.3 is 10.8 Å². The van der Waals surface area contributed by atoms with Crippen LogP contribution in [0.2, 0.25) is 10.0 Å². The lowest BCUT2D eigenvalue weighted by molar-refractivity contribution is -0.122. The molecule has 0 spiro atoms. The van der Waals surface area contributed by atoms with E-state index in [9.17, 15) is 24.0 Å². The van der Waals surface area contributed by atoms with Gasteiger partial charge in [0.05, 0.1) is 38.8 Å². The van der Waals surface area contributed by atoms with Crippen molar-refractivity contribution in [2.24, 2.45) is 5.92 Å². The van der Waals surface area contributed by atoms with E-state index in [1.807, 2.05) is 24.3 Å². The fourth-order valence-electron chi connectivity index (χ4n) is 6.23. The Hall–Kier alpha value is -4.10. The van der Waals surface area contributed by atoms with Gasteiger partial charge in [-0.2, -0.15) is 0 Å². The normalized spacial score (nSPS) is 18.2. The van der Waals surface area contributed by atoms with Crippen molar-refractivity contribution in [3.63, 3.8) is 0 Å². The highest BCUT2D eigenvalue weighted by molar-refractivity contribution is 8.00. The minimum Gasteiger partial charge on any atom is -0.462 e. The first-order valence-electron chi connectivity index (χ1n) is 15.7. The number of halogens is 2. The van der Waals surface area contributed by atoms with E-state index in [0.29, 0.717) is 31.9 Å². The molecule has 0 saturated carbocycles. The number of thiazole rings is 1. The van der Waals surface area contributed by atoms with Crippen LogP contribution in [0.4, 0.5) is 17.1 Å². The number of hydrogen-bond donors (Lipinski definition) is 1. The third-order valence-corrected chi connectivity index (χ3v) is 11.9. The predicted octanol–water partition coefficient (Wildman–Crippen LogP) is 6.67. The molecule has 254 valence electrons. The van der Waals surface area contributed by atoms with E-state index >= 15 is 0 Å². The molecule has 10 nitrogen and oxygen atoms in total. The third kappa shape index (κ3) is 6.62. The molecule has 3 amide bonds. The lowest BCUT2D eigenvalue weighted by Crippen LogP contribution is -2.33. The van der Waals surface area contributed by atoms with E-state index in [1.165, 1.54) is 22.8 Å². The van der Waals surface area contributed by atoms with Crippen LogP contribution in [0.15, 0.2) is 76.6 Å². The van der Waals surface area contributed by atoms with Crippen LogP contribution in [0.1, 0.15) is 47.5 Å². The molecule has 3 atom stereocenters. The van der Waals surface area contributed by atoms with E-state index in [2.05, 4.69) is 24.1 Å². The summed E-state index contributed by atoms with van der Waals surface area (Å²) >= 11 is 14.2. The lowest BCUT2D eigenvalue weighted by Gasteiger charge is -2.31. The maximum atomic E-state index is 14.3. The number of fused-ring (bicyclic) bond motifs is 2. The fraction of sp³-hybridized carbons (Fsp3) is 0.286. The number of nitrogens with one attached hydrogen (secondary N) is 1. The van der Waals surface area contributed by atoms with Gasteiger partial charge in [0.25, 0.3) is 0 Å². The van der Waals surface area contributed by atoms with Crippen LogP contribution < -0.4 is 20.0 Å². The van der Waals surface area contributed by atoms with Gasteiger partial charge in [-0.1, -0.05) is 58.4 Å². The number of anilines is 3. The minimum absolute atomic E-state index is 0.216. The Morgan fingerprint density at radius 1 is 0.898 bits per heavy atom. The Balaban J connectivity index is 1.38. The molecule has 14 heteroatoms. The number of nitrogens with zero attached hydrogens (tertiary/aromatic N) is 3. The fourth-order valence-corrected chi connectivity index (χ4v) is 9.30. The molecule has 0 aliphatic carbocycles. The van der Waals surface area contributed by atoms with Gasteiger partial charge < -0.3 is 15.0 Å². The summed E-state index contributed by atoms with van der Waals surface area (Å²) in [5.74, 6) is -3.25. The summed E-state index contributed by atoms with van der Waals surface area (Å²) in [6, 6.07) is 18.7. The largest absolute Gasteiger partial charge is 0.462 e. The van der Waals surface area contributed by atoms with E-state index in [4.69, 9.17) is 27.9 Å². The SMILES string of the molecule is CCOC(=O)c1ccc(N2C(=O)[C@H]3[C@H](c4ccc(N(CC)CC)cc4)c4sc(=O)n(CC(=O)Nc5ccc(Cl)c(Cl)c5)c4S[C@H]3C2=O)cc1. The number of benzene rings is 3. The maximum Gasteiger partial charge on any atom is 0.338 e. The molecule has 1 fully saturated rings. The van der Waals surface area contributed by atoms with Crippen molar-refractivity contribution in [1.29, 1.82) is 0 Å². The molecule has 3 heterocycles. The number of carbonyl (C=O) groups is 4. The number of esters is 1. The number of thioether (sulfide) groups is 1. The molecule has 0 radical (unpaired) electrons. The Morgan fingerprint density at radius 3 is 2.22 bits per heavy atom. The molecule has 1 aromatic heterocycles. The van der Waals surface area contributed by atoms with E-state index in [-0.39, 0.29) is 23.0 Å². The number of rotatable bonds is 10. The molecule has 1 N–H and O–H groups in total. The monoisotopic (exact) mass is 738 g/mol. The maximum absolute atomic E-state index is 14.3. The smallest absolute Gasteiger partial charge is 0.338 e. The molecule has 0 unspecified atom stereocenters. The molecule has 2 aliphatic heterocycles. The van der Waals surface area contributed by atoms with Crippen LogP contribution in [-0.2, 0) is 25.7 Å². The number of ether oxygens (including phenoxy) is 1. The highest BCUT2D eigenvalue weighted by Crippen LogP contribution is 2.54. The number of imide groups is 1. The average Bonchev–Trinajstić information content (AvgIpc) is 3.53. The summed E-state index contributed by atoms with van der Waals surface area (Å²) < 4.78 is 6.43. The van der Waals surface area contributed by atoms with Crippen LogP contribution in [0, 0.1) is 5.92 Å². The highest BCUT2D eigenvalue weighted by Gasteiger charge is 2.56. The number of aromatic nitrogens is 1. The number of amides is 3. The summed E-state index contributed by atoms with van der Waals surface area (Å²) in [7, 11) is 0. The Bertz CT molecular complexity index is 1990. The van der Waals surface area contributed by atoms with Gasteiger partial charge in [-0.05, 0) is 80.9 Å². The zero-order chi connectivity index (χ0) is 35.0. The summed E-state index contributed by atoms with van der Waals surface area (Å²) in [4.78, 5) is 71.0. The first-order chi connectivity index (χ1) is 23.6. The van der Waals surface area contributed by atoms with Gasteiger partial charge in [0.1, 0.15) is 11.8 Å². The first-order valence-corrected chi connectivity index (χ1v) is 18.2. The van der Waals surface area contributed by atoms with E-state index in [0.717, 1.165) is 52.3 Å². The predicted molar refractivity (Wildman–Crippen MR) is 194 cm³/mol. The van der Waals surface area contributed by atoms with Gasteiger partial charge in [0.2, 0.25) is 17.7 Å². The number of hydrogen-bond acceptors (Lipinski definition) is 9. The summed E-state index contributed by atoms with van der Waals surface area (Å²) in [6.45, 7) is 7.38. The molecule has 0 bridgehead atoms. The first kappa shape index (κ1) is 34.8. The Morgan fingerprint density at radius 2 is 1.59 bits per heavy atom. The van der Waals surface area contributed by atoms with Gasteiger partial charge in [-0.15, -0.1) is 0 Å². The highest BCUT2D eigenvalue weighted by atomic mass is 35.5. The molecular weight excluding hydrogens is 707 g/mol. The van der Waals surface area contributed by atoms with E-state index < -0.39 is 40.8 Å². The van der Waals surface area contributed by atoms with E-state index in [1.54, 1.807) is 31.2 Å². The van der Waals surface area contributed by atoms with Crippen molar-refractivity contribution in [2.75, 3.05) is 34.8 Å². The molecule has 1 saturated heterocycles. The van der Waals surface area contributed by atoms with Crippen molar-refractivity contribution in [2.45, 2.75) is 43.5 Å². The zero-order valence-electron chi connectivity index (χ0n) is 26.8. The van der Waals surface area contributed by atoms with Crippen LogP contribution in [0.25, 0.3) is 0 Å². The van der Waals surface area contributed by atoms with Gasteiger partial charge in [-0.3, -0.25) is 23.7 Å². The van der Waals surface area contributed by atoms with Crippen molar-refractivity contribution in [1.82, 2.24) is 4.57 Å². The van der Waals surface area contributed by atoms with Gasteiger partial charge in [-0.25, -0.2) is 9.69 Å². The Kier molecular flexibility index (Phi) is 10.2. The van der Waals surface area contributed by atoms with Gasteiger partial charge in [0, 0.05) is 35.3 Å². The Labute approximate surface area is 300 Å². The summed E-state index contributed by atoms with van der Waals surface area (Å²) in [6.07, 6.45) is 0.